The number of carboxylic acids is 1. The summed E-state index contributed by atoms with van der Waals surface area (Å²) in [7, 11) is 3.60. The Morgan fingerprint density at radius 2 is 1.78 bits per heavy atom. The Labute approximate surface area is 215 Å². The Balaban J connectivity index is 1.89. The number of carbonyl (C=O) groups is 2. The lowest BCUT2D eigenvalue weighted by Gasteiger charge is -2.22. The number of ether oxygens (including phenoxy) is 1. The summed E-state index contributed by atoms with van der Waals surface area (Å²) >= 11 is 0. The minimum atomic E-state index is -1.11. The number of nitrogens with two attached hydrogens (primary N) is 1. The molecular weight excluding hydrogens is 474 g/mol. The summed E-state index contributed by atoms with van der Waals surface area (Å²) in [5, 5.41) is 32.5. The van der Waals surface area contributed by atoms with Crippen molar-refractivity contribution in [1.82, 2.24) is 0 Å². The van der Waals surface area contributed by atoms with Crippen molar-refractivity contribution in [3.63, 3.8) is 0 Å². The van der Waals surface area contributed by atoms with Crippen molar-refractivity contribution >= 4 is 34.8 Å². The van der Waals surface area contributed by atoms with E-state index < -0.39 is 12.6 Å². The first-order chi connectivity index (χ1) is 17.6. The number of nitrogens with one attached hydrogen (secondary N) is 3. The molecule has 0 unspecified atom stereocenters. The van der Waals surface area contributed by atoms with Crippen LogP contribution in [0.4, 0.5) is 17.1 Å². The van der Waals surface area contributed by atoms with E-state index in [1.54, 1.807) is 67.5 Å². The van der Waals surface area contributed by atoms with Crippen LogP contribution in [-0.2, 0) is 17.9 Å². The number of aliphatic hydroxyl groups is 1. The van der Waals surface area contributed by atoms with Crippen LogP contribution in [-0.4, -0.2) is 48.6 Å². The van der Waals surface area contributed by atoms with Gasteiger partial charge in [0.1, 0.15) is 11.6 Å². The van der Waals surface area contributed by atoms with E-state index in [0.29, 0.717) is 45.1 Å². The van der Waals surface area contributed by atoms with Gasteiger partial charge in [-0.1, -0.05) is 11.6 Å². The minimum absolute atomic E-state index is 0.0579. The van der Waals surface area contributed by atoms with Crippen molar-refractivity contribution in [3.05, 3.63) is 82.4 Å². The lowest BCUT2D eigenvalue weighted by molar-refractivity contribution is -0.139. The van der Waals surface area contributed by atoms with Gasteiger partial charge in [-0.25, -0.2) is 4.79 Å². The Morgan fingerprint density at radius 3 is 2.38 bits per heavy atom. The van der Waals surface area contributed by atoms with Crippen LogP contribution in [0.25, 0.3) is 0 Å². The van der Waals surface area contributed by atoms with Gasteiger partial charge in [0.25, 0.3) is 5.91 Å². The lowest BCUT2D eigenvalue weighted by atomic mass is 10.1. The number of benzene rings is 3. The predicted octanol–water partition coefficient (Wildman–Crippen LogP) is 3.17. The highest BCUT2D eigenvalue weighted by Gasteiger charge is 2.17. The van der Waals surface area contributed by atoms with Gasteiger partial charge in [-0.05, 0) is 61.0 Å². The number of aryl methyl sites for hydroxylation is 1. The number of rotatable bonds is 11. The van der Waals surface area contributed by atoms with Crippen molar-refractivity contribution in [1.29, 1.82) is 5.41 Å². The minimum Gasteiger partial charge on any atom is -0.479 e. The fourth-order valence-electron chi connectivity index (χ4n) is 3.71. The van der Waals surface area contributed by atoms with Crippen LogP contribution in [0.1, 0.15) is 32.6 Å². The normalized spacial score (nSPS) is 10.5. The zero-order valence-electron chi connectivity index (χ0n) is 21.0. The van der Waals surface area contributed by atoms with Gasteiger partial charge in [0.15, 0.2) is 6.61 Å². The summed E-state index contributed by atoms with van der Waals surface area (Å²) in [5.41, 5.74) is 10.4. The number of carboxylic acid groups (broad SMARTS) is 1. The molecule has 1 amide bonds. The third-order valence-electron chi connectivity index (χ3n) is 5.55. The van der Waals surface area contributed by atoms with Crippen LogP contribution in [0.2, 0.25) is 0 Å². The third-order valence-corrected chi connectivity index (χ3v) is 5.55. The van der Waals surface area contributed by atoms with Gasteiger partial charge in [-0.2, -0.15) is 0 Å². The highest BCUT2D eigenvalue weighted by Crippen LogP contribution is 2.34. The fourth-order valence-corrected chi connectivity index (χ4v) is 3.71. The number of nitrogen functional groups attached to an aromatic ring is 1. The number of amides is 1. The maximum absolute atomic E-state index is 13.2. The topological polar surface area (TPSA) is 161 Å². The molecule has 0 spiro atoms. The first-order valence-electron chi connectivity index (χ1n) is 11.5. The van der Waals surface area contributed by atoms with E-state index in [4.69, 9.17) is 21.0 Å². The van der Waals surface area contributed by atoms with Crippen molar-refractivity contribution in [3.8, 4) is 5.75 Å². The molecule has 10 heteroatoms. The van der Waals surface area contributed by atoms with Crippen molar-refractivity contribution in [2.45, 2.75) is 20.1 Å². The molecule has 0 saturated heterocycles. The SMILES string of the molecule is Cc1ccc(NCc2cc(CO)cc(N(C)C)c2OCC(=O)O)c(C(=O)Nc2ccc(C(=N)N)cc2)c1. The monoisotopic (exact) mass is 505 g/mol. The molecule has 0 heterocycles. The van der Waals surface area contributed by atoms with E-state index in [2.05, 4.69) is 10.6 Å². The van der Waals surface area contributed by atoms with Crippen LogP contribution < -0.4 is 26.0 Å². The highest BCUT2D eigenvalue weighted by atomic mass is 16.5. The molecule has 0 aromatic heterocycles. The molecule has 3 aromatic rings. The number of aliphatic carboxylic acids is 1. The molecule has 0 aliphatic heterocycles. The van der Waals surface area contributed by atoms with Crippen LogP contribution >= 0.6 is 0 Å². The van der Waals surface area contributed by atoms with Gasteiger partial charge in [0.05, 0.1) is 17.9 Å². The molecule has 0 radical (unpaired) electrons. The number of carbonyl (C=O) groups excluding carboxylic acids is 1. The molecule has 194 valence electrons. The fraction of sp³-hybridized carbons (Fsp3) is 0.222. The molecule has 3 rings (SSSR count). The standard InChI is InChI=1S/C27H31N5O5/c1-16-4-9-22(21(10-16)27(36)31-20-7-5-18(6-8-20)26(28)29)30-13-19-11-17(14-33)12-23(32(2)3)25(19)37-15-24(34)35/h4-12,30,33H,13-15H2,1-3H3,(H3,28,29)(H,31,36)(H,34,35). The van der Waals surface area contributed by atoms with Crippen molar-refractivity contribution in [2.24, 2.45) is 5.73 Å². The summed E-state index contributed by atoms with van der Waals surface area (Å²) in [4.78, 5) is 26.1. The smallest absolute Gasteiger partial charge is 0.341 e. The van der Waals surface area contributed by atoms with E-state index in [-0.39, 0.29) is 24.9 Å². The number of hydrogen-bond acceptors (Lipinski definition) is 7. The number of nitrogens with zero attached hydrogens (tertiary/aromatic N) is 1. The molecule has 7 N–H and O–H groups in total. The van der Waals surface area contributed by atoms with Crippen molar-refractivity contribution < 1.29 is 24.5 Å². The zero-order valence-corrected chi connectivity index (χ0v) is 21.0. The van der Waals surface area contributed by atoms with Gasteiger partial charge >= 0.3 is 5.97 Å². The third kappa shape index (κ3) is 6.98. The summed E-state index contributed by atoms with van der Waals surface area (Å²) in [6.45, 7) is 1.37. The van der Waals surface area contributed by atoms with E-state index in [1.807, 2.05) is 13.0 Å². The van der Waals surface area contributed by atoms with E-state index in [1.165, 1.54) is 0 Å². The van der Waals surface area contributed by atoms with Crippen LogP contribution in [0.15, 0.2) is 54.6 Å². The molecule has 37 heavy (non-hydrogen) atoms. The second kappa shape index (κ2) is 11.9. The Bertz CT molecular complexity index is 1310. The molecule has 0 aliphatic carbocycles. The average molecular weight is 506 g/mol. The van der Waals surface area contributed by atoms with Gasteiger partial charge in [0.2, 0.25) is 0 Å². The van der Waals surface area contributed by atoms with Crippen molar-refractivity contribution in [2.75, 3.05) is 36.2 Å². The molecule has 0 saturated carbocycles. The number of hydrogen-bond donors (Lipinski definition) is 6. The highest BCUT2D eigenvalue weighted by molar-refractivity contribution is 6.08. The Morgan fingerprint density at radius 1 is 1.08 bits per heavy atom. The first kappa shape index (κ1) is 27.0. The van der Waals surface area contributed by atoms with Gasteiger partial charge in [-0.15, -0.1) is 0 Å². The summed E-state index contributed by atoms with van der Waals surface area (Å²) in [6, 6.07) is 15.6. The lowest BCUT2D eigenvalue weighted by Crippen LogP contribution is -2.18. The molecular formula is C27H31N5O5. The molecule has 0 bridgehead atoms. The molecule has 0 atom stereocenters. The number of amidine groups is 1. The second-order valence-corrected chi connectivity index (χ2v) is 8.69. The maximum Gasteiger partial charge on any atom is 0.341 e. The average Bonchev–Trinajstić information content (AvgIpc) is 2.86. The zero-order chi connectivity index (χ0) is 27.1. The van der Waals surface area contributed by atoms with E-state index >= 15 is 0 Å². The van der Waals surface area contributed by atoms with Gasteiger partial charge in [-0.3, -0.25) is 10.2 Å². The van der Waals surface area contributed by atoms with Crippen LogP contribution in [0.3, 0.4) is 0 Å². The van der Waals surface area contributed by atoms with E-state index in [0.717, 1.165) is 5.56 Å². The predicted molar refractivity (Wildman–Crippen MR) is 144 cm³/mol. The molecule has 0 fully saturated rings. The molecule has 3 aromatic carbocycles. The van der Waals surface area contributed by atoms with Crippen LogP contribution in [0.5, 0.6) is 5.75 Å². The summed E-state index contributed by atoms with van der Waals surface area (Å²) < 4.78 is 5.62. The quantitative estimate of drug-likeness (QED) is 0.171. The molecule has 0 aliphatic rings. The van der Waals surface area contributed by atoms with Crippen LogP contribution in [0, 0.1) is 12.3 Å². The first-order valence-corrected chi connectivity index (χ1v) is 11.5. The Kier molecular flexibility index (Phi) is 8.70. The molecule has 10 nitrogen and oxygen atoms in total. The second-order valence-electron chi connectivity index (χ2n) is 8.69. The summed E-state index contributed by atoms with van der Waals surface area (Å²) in [6.07, 6.45) is 0. The Hall–Kier alpha value is -4.57. The summed E-state index contributed by atoms with van der Waals surface area (Å²) in [5.74, 6) is -1.12. The maximum atomic E-state index is 13.2. The van der Waals surface area contributed by atoms with Gasteiger partial charge in [0, 0.05) is 43.1 Å². The van der Waals surface area contributed by atoms with Gasteiger partial charge < -0.3 is 36.2 Å². The largest absolute Gasteiger partial charge is 0.479 e. The van der Waals surface area contributed by atoms with E-state index in [9.17, 15) is 14.7 Å². The number of aliphatic hydroxyl groups excluding tert-OH is 1. The number of anilines is 3.